The zero-order chi connectivity index (χ0) is 13.1. The Balaban J connectivity index is 0.000000574. The summed E-state index contributed by atoms with van der Waals surface area (Å²) < 4.78 is 0. The second-order valence-electron chi connectivity index (χ2n) is 4.08. The number of hydrogen-bond acceptors (Lipinski definition) is 3. The second-order valence-corrected chi connectivity index (χ2v) is 6.72. The van der Waals surface area contributed by atoms with E-state index in [4.69, 9.17) is 0 Å². The van der Waals surface area contributed by atoms with Crippen molar-refractivity contribution >= 4 is 29.4 Å². The molecule has 98 valence electrons. The summed E-state index contributed by atoms with van der Waals surface area (Å²) in [5, 5.41) is 0.824. The van der Waals surface area contributed by atoms with E-state index in [1.54, 1.807) is 0 Å². The van der Waals surface area contributed by atoms with Crippen LogP contribution in [0, 0.1) is 0 Å². The monoisotopic (exact) mass is 281 g/mol. The average molecular weight is 281 g/mol. The fraction of sp³-hybridized carbons (Fsp3) is 0.500. The minimum Gasteiger partial charge on any atom is -0.325 e. The van der Waals surface area contributed by atoms with E-state index in [2.05, 4.69) is 13.0 Å². The summed E-state index contributed by atoms with van der Waals surface area (Å²) in [6.07, 6.45) is 0. The molecular formula is C14H19NOS2. The largest absolute Gasteiger partial charge is 0.325 e. The number of benzene rings is 1. The molecule has 1 amide bonds. The molecule has 1 aromatic rings. The third-order valence-corrected chi connectivity index (χ3v) is 5.86. The van der Waals surface area contributed by atoms with E-state index in [1.807, 2.05) is 60.5 Å². The van der Waals surface area contributed by atoms with Crippen molar-refractivity contribution in [3.63, 3.8) is 0 Å². The van der Waals surface area contributed by atoms with Gasteiger partial charge in [-0.2, -0.15) is 0 Å². The van der Waals surface area contributed by atoms with Crippen molar-refractivity contribution in [3.8, 4) is 0 Å². The van der Waals surface area contributed by atoms with Gasteiger partial charge in [-0.1, -0.05) is 32.9 Å². The molecule has 4 heteroatoms. The Morgan fingerprint density at radius 2 is 2.00 bits per heavy atom. The summed E-state index contributed by atoms with van der Waals surface area (Å²) in [7, 11) is 0. The highest BCUT2D eigenvalue weighted by Gasteiger charge is 2.37. The van der Waals surface area contributed by atoms with Crippen LogP contribution in [0.1, 0.15) is 31.1 Å². The first-order valence-corrected chi connectivity index (χ1v) is 8.38. The molecule has 0 saturated carbocycles. The molecule has 0 aliphatic carbocycles. The number of hydrogen-bond donors (Lipinski definition) is 0. The molecule has 1 saturated heterocycles. The minimum atomic E-state index is 0.211. The lowest BCUT2D eigenvalue weighted by Crippen LogP contribution is -2.37. The van der Waals surface area contributed by atoms with Crippen molar-refractivity contribution < 1.29 is 4.79 Å². The normalized spacial score (nSPS) is 25.7. The van der Waals surface area contributed by atoms with E-state index in [1.165, 1.54) is 0 Å². The van der Waals surface area contributed by atoms with Crippen molar-refractivity contribution in [2.45, 2.75) is 36.3 Å². The molecule has 0 radical (unpaired) electrons. The Kier molecular flexibility index (Phi) is 4.62. The lowest BCUT2D eigenvalue weighted by Gasteiger charge is -2.24. The van der Waals surface area contributed by atoms with Crippen molar-refractivity contribution in [2.24, 2.45) is 0 Å². The molecule has 2 atom stereocenters. The highest BCUT2D eigenvalue weighted by atomic mass is 32.2. The van der Waals surface area contributed by atoms with Gasteiger partial charge in [0.05, 0.1) is 10.9 Å². The second kappa shape index (κ2) is 6.02. The van der Waals surface area contributed by atoms with Gasteiger partial charge in [0.1, 0.15) is 0 Å². The summed E-state index contributed by atoms with van der Waals surface area (Å²) >= 11 is 3.74. The van der Waals surface area contributed by atoms with Gasteiger partial charge < -0.3 is 4.90 Å². The highest BCUT2D eigenvalue weighted by Crippen LogP contribution is 2.41. The Morgan fingerprint density at radius 1 is 1.28 bits per heavy atom. The first kappa shape index (κ1) is 13.8. The molecule has 2 heterocycles. The Morgan fingerprint density at radius 3 is 2.78 bits per heavy atom. The molecule has 2 aliphatic rings. The number of fused-ring (bicyclic) bond motifs is 2. The topological polar surface area (TPSA) is 20.3 Å². The Bertz CT molecular complexity index is 436. The molecule has 2 aliphatic heterocycles. The number of carbonyl (C=O) groups is 1. The standard InChI is InChI=1S/C12H13NOS2.C2H6/c1-8-12-13(6-7-15-12)11(14)9-4-2-3-5-10(9)16-8;1-2/h2-5,8,12H,6-7H2,1H3;1-2H3. The van der Waals surface area contributed by atoms with E-state index in [0.717, 1.165) is 22.8 Å². The van der Waals surface area contributed by atoms with Crippen LogP contribution in [-0.4, -0.2) is 33.7 Å². The van der Waals surface area contributed by atoms with Gasteiger partial charge in [0, 0.05) is 22.4 Å². The van der Waals surface area contributed by atoms with Crippen LogP contribution in [-0.2, 0) is 0 Å². The molecule has 1 aromatic carbocycles. The molecule has 0 N–H and O–H groups in total. The quantitative estimate of drug-likeness (QED) is 0.723. The fourth-order valence-corrected chi connectivity index (χ4v) is 4.96. The molecule has 1 fully saturated rings. The zero-order valence-electron chi connectivity index (χ0n) is 11.1. The van der Waals surface area contributed by atoms with Crippen LogP contribution in [0.25, 0.3) is 0 Å². The predicted molar refractivity (Wildman–Crippen MR) is 80.4 cm³/mol. The fourth-order valence-electron chi connectivity index (χ4n) is 2.25. The van der Waals surface area contributed by atoms with Crippen molar-refractivity contribution in [1.82, 2.24) is 4.90 Å². The summed E-state index contributed by atoms with van der Waals surface area (Å²) in [6, 6.07) is 7.96. The lowest BCUT2D eigenvalue weighted by molar-refractivity contribution is 0.0761. The first-order valence-electron chi connectivity index (χ1n) is 6.45. The number of thioether (sulfide) groups is 2. The Labute approximate surface area is 118 Å². The SMILES string of the molecule is CC.CC1Sc2ccccc2C(=O)N2CCSC12. The third-order valence-electron chi connectivity index (χ3n) is 3.02. The smallest absolute Gasteiger partial charge is 0.255 e. The van der Waals surface area contributed by atoms with Crippen LogP contribution in [0.4, 0.5) is 0 Å². The maximum Gasteiger partial charge on any atom is 0.255 e. The Hall–Kier alpha value is -0.610. The van der Waals surface area contributed by atoms with Crippen LogP contribution < -0.4 is 0 Å². The van der Waals surface area contributed by atoms with Crippen LogP contribution in [0.15, 0.2) is 29.2 Å². The van der Waals surface area contributed by atoms with Crippen molar-refractivity contribution in [2.75, 3.05) is 12.3 Å². The lowest BCUT2D eigenvalue weighted by atomic mass is 10.2. The predicted octanol–water partition coefficient (Wildman–Crippen LogP) is 3.72. The zero-order valence-corrected chi connectivity index (χ0v) is 12.7. The van der Waals surface area contributed by atoms with Crippen LogP contribution >= 0.6 is 23.5 Å². The van der Waals surface area contributed by atoms with Gasteiger partial charge in [-0.15, -0.1) is 23.5 Å². The maximum absolute atomic E-state index is 12.4. The third kappa shape index (κ3) is 2.41. The van der Waals surface area contributed by atoms with Gasteiger partial charge in [0.25, 0.3) is 5.91 Å². The minimum absolute atomic E-state index is 0.211. The summed E-state index contributed by atoms with van der Waals surface area (Å²) in [6.45, 7) is 7.11. The summed E-state index contributed by atoms with van der Waals surface area (Å²) in [4.78, 5) is 15.5. The number of rotatable bonds is 0. The molecule has 0 aromatic heterocycles. The van der Waals surface area contributed by atoms with E-state index >= 15 is 0 Å². The molecule has 18 heavy (non-hydrogen) atoms. The van der Waals surface area contributed by atoms with E-state index in [0.29, 0.717) is 10.6 Å². The number of nitrogens with zero attached hydrogens (tertiary/aromatic N) is 1. The van der Waals surface area contributed by atoms with Crippen LogP contribution in [0.3, 0.4) is 0 Å². The first-order chi connectivity index (χ1) is 8.77. The van der Waals surface area contributed by atoms with Gasteiger partial charge >= 0.3 is 0 Å². The van der Waals surface area contributed by atoms with E-state index in [9.17, 15) is 4.79 Å². The van der Waals surface area contributed by atoms with Gasteiger partial charge in [0.2, 0.25) is 0 Å². The molecule has 2 unspecified atom stereocenters. The average Bonchev–Trinajstić information content (AvgIpc) is 2.87. The molecule has 0 spiro atoms. The molecular weight excluding hydrogens is 262 g/mol. The van der Waals surface area contributed by atoms with Crippen LogP contribution in [0.5, 0.6) is 0 Å². The van der Waals surface area contributed by atoms with Gasteiger partial charge in [-0.25, -0.2) is 0 Å². The maximum atomic E-state index is 12.4. The summed E-state index contributed by atoms with van der Waals surface area (Å²) in [5.41, 5.74) is 0.879. The van der Waals surface area contributed by atoms with Gasteiger partial charge in [-0.3, -0.25) is 4.79 Å². The molecule has 3 rings (SSSR count). The van der Waals surface area contributed by atoms with Crippen molar-refractivity contribution in [3.05, 3.63) is 29.8 Å². The number of amides is 1. The van der Waals surface area contributed by atoms with Crippen LogP contribution in [0.2, 0.25) is 0 Å². The van der Waals surface area contributed by atoms with Gasteiger partial charge in [0.15, 0.2) is 0 Å². The van der Waals surface area contributed by atoms with Crippen molar-refractivity contribution in [1.29, 1.82) is 0 Å². The van der Waals surface area contributed by atoms with Gasteiger partial charge in [-0.05, 0) is 12.1 Å². The molecule has 0 bridgehead atoms. The highest BCUT2D eigenvalue weighted by molar-refractivity contribution is 8.04. The van der Waals surface area contributed by atoms with E-state index in [-0.39, 0.29) is 5.91 Å². The molecule has 2 nitrogen and oxygen atoms in total. The van der Waals surface area contributed by atoms with E-state index < -0.39 is 0 Å². The summed E-state index contributed by atoms with van der Waals surface area (Å²) in [5.74, 6) is 1.28. The number of carbonyl (C=O) groups excluding carboxylic acids is 1.